The molecule has 0 fully saturated rings. The lowest BCUT2D eigenvalue weighted by atomic mass is 10.2. The maximum Gasteiger partial charge on any atom is 0.335 e. The highest BCUT2D eigenvalue weighted by Gasteiger charge is 2.11. The smallest absolute Gasteiger partial charge is 0.335 e. The van der Waals surface area contributed by atoms with Crippen LogP contribution in [0.1, 0.15) is 16.2 Å². The minimum atomic E-state index is -1.06. The van der Waals surface area contributed by atoms with Crippen molar-refractivity contribution < 1.29 is 15.1 Å². The molecule has 0 unspecified atom stereocenters. The lowest BCUT2D eigenvalue weighted by Gasteiger charge is -1.92. The largest absolute Gasteiger partial charge is 0.478 e. The normalized spacial score (nSPS) is 11.4. The van der Waals surface area contributed by atoms with Crippen LogP contribution in [0.2, 0.25) is 0 Å². The van der Waals surface area contributed by atoms with E-state index in [2.05, 4.69) is 15.1 Å². The van der Waals surface area contributed by atoms with Gasteiger partial charge in [0.15, 0.2) is 5.82 Å². The number of carbonyl (C=O) groups is 1. The van der Waals surface area contributed by atoms with Crippen molar-refractivity contribution in [3.63, 3.8) is 0 Å². The molecule has 2 rings (SSSR count). The summed E-state index contributed by atoms with van der Waals surface area (Å²) >= 11 is 0. The highest BCUT2D eigenvalue weighted by atomic mass is 16.4. The van der Waals surface area contributed by atoms with Gasteiger partial charge in [-0.05, 0) is 18.2 Å². The number of benzene rings is 1. The molecule has 0 bridgehead atoms. The lowest BCUT2D eigenvalue weighted by molar-refractivity contribution is 0.0697. The first-order valence-electron chi connectivity index (χ1n) is 4.51. The molecule has 0 amide bonds. The molecular weight excluding hydrogens is 224 g/mol. The van der Waals surface area contributed by atoms with Crippen molar-refractivity contribution in [2.24, 2.45) is 5.16 Å². The van der Waals surface area contributed by atoms with E-state index in [0.29, 0.717) is 11.0 Å². The summed E-state index contributed by atoms with van der Waals surface area (Å²) in [6.07, 6.45) is 0. The van der Waals surface area contributed by atoms with E-state index >= 15 is 0 Å². The van der Waals surface area contributed by atoms with Crippen LogP contribution < -0.4 is 0 Å². The van der Waals surface area contributed by atoms with E-state index in [1.54, 1.807) is 6.07 Å². The Balaban J connectivity index is 2.59. The molecule has 0 atom stereocenters. The predicted octanol–water partition coefficient (Wildman–Crippen LogP) is 0.963. The van der Waals surface area contributed by atoms with Crippen molar-refractivity contribution >= 4 is 22.7 Å². The summed E-state index contributed by atoms with van der Waals surface area (Å²) in [5.41, 5.74) is 0.780. The van der Waals surface area contributed by atoms with Gasteiger partial charge in [-0.3, -0.25) is 0 Å². The maximum absolute atomic E-state index is 10.7. The number of nitriles is 1. The number of rotatable bonds is 2. The van der Waals surface area contributed by atoms with E-state index in [0.717, 1.165) is 0 Å². The van der Waals surface area contributed by atoms with Crippen molar-refractivity contribution in [3.05, 3.63) is 29.6 Å². The van der Waals surface area contributed by atoms with Crippen molar-refractivity contribution in [1.82, 2.24) is 9.97 Å². The van der Waals surface area contributed by atoms with Crippen molar-refractivity contribution in [1.29, 1.82) is 5.26 Å². The molecule has 0 spiro atoms. The third-order valence-electron chi connectivity index (χ3n) is 2.16. The van der Waals surface area contributed by atoms with Crippen LogP contribution in [0.4, 0.5) is 0 Å². The second-order valence-corrected chi connectivity index (χ2v) is 3.18. The fraction of sp³-hybridized carbons (Fsp3) is 0. The van der Waals surface area contributed by atoms with E-state index in [1.165, 1.54) is 18.2 Å². The van der Waals surface area contributed by atoms with Gasteiger partial charge in [0.05, 0.1) is 16.6 Å². The lowest BCUT2D eigenvalue weighted by Crippen LogP contribution is -1.99. The number of hydrogen-bond donors (Lipinski definition) is 3. The molecule has 0 radical (unpaired) electrons. The summed E-state index contributed by atoms with van der Waals surface area (Å²) in [5, 5.41) is 28.8. The Morgan fingerprint density at radius 3 is 2.88 bits per heavy atom. The number of aromatic amines is 1. The molecule has 7 nitrogen and oxygen atoms in total. The van der Waals surface area contributed by atoms with Crippen molar-refractivity contribution in [3.8, 4) is 6.07 Å². The van der Waals surface area contributed by atoms with Crippen LogP contribution in [0.25, 0.3) is 11.0 Å². The number of hydrogen-bond acceptors (Lipinski definition) is 5. The molecule has 1 aromatic carbocycles. The van der Waals surface area contributed by atoms with Crippen LogP contribution in [-0.4, -0.2) is 32.0 Å². The van der Waals surface area contributed by atoms with Crippen LogP contribution in [-0.2, 0) is 0 Å². The number of fused-ring (bicyclic) bond motifs is 1. The van der Waals surface area contributed by atoms with E-state index in [4.69, 9.17) is 15.6 Å². The molecule has 1 heterocycles. The predicted molar refractivity (Wildman–Crippen MR) is 57.0 cm³/mol. The fourth-order valence-electron chi connectivity index (χ4n) is 1.38. The molecule has 0 aliphatic carbocycles. The monoisotopic (exact) mass is 230 g/mol. The third kappa shape index (κ3) is 1.79. The van der Waals surface area contributed by atoms with Gasteiger partial charge in [0.1, 0.15) is 6.07 Å². The number of nitrogens with zero attached hydrogens (tertiary/aromatic N) is 3. The Labute approximate surface area is 94.6 Å². The molecule has 0 aliphatic rings. The summed E-state index contributed by atoms with van der Waals surface area (Å²) < 4.78 is 0. The van der Waals surface area contributed by atoms with Crippen molar-refractivity contribution in [2.75, 3.05) is 0 Å². The number of oxime groups is 1. The van der Waals surface area contributed by atoms with Gasteiger partial charge in [-0.2, -0.15) is 5.26 Å². The van der Waals surface area contributed by atoms with Gasteiger partial charge in [0, 0.05) is 0 Å². The Morgan fingerprint density at radius 1 is 1.53 bits per heavy atom. The van der Waals surface area contributed by atoms with Crippen LogP contribution in [0, 0.1) is 11.3 Å². The zero-order chi connectivity index (χ0) is 12.4. The van der Waals surface area contributed by atoms with E-state index < -0.39 is 5.97 Å². The standard InChI is InChI=1S/C10H6N4O3/c11-4-8(14-17)9-12-6-2-1-5(10(15)16)3-7(6)13-9/h1-3,17H,(H,12,13)(H,15,16)/b14-8-. The van der Waals surface area contributed by atoms with Crippen LogP contribution in [0.5, 0.6) is 0 Å². The fourth-order valence-corrected chi connectivity index (χ4v) is 1.38. The Morgan fingerprint density at radius 2 is 2.29 bits per heavy atom. The third-order valence-corrected chi connectivity index (χ3v) is 2.16. The van der Waals surface area contributed by atoms with Gasteiger partial charge < -0.3 is 15.3 Å². The topological polar surface area (TPSA) is 122 Å². The molecule has 1 aromatic heterocycles. The number of carboxylic acids is 1. The molecule has 84 valence electrons. The first kappa shape index (κ1) is 10.6. The summed E-state index contributed by atoms with van der Waals surface area (Å²) in [6, 6.07) is 5.95. The summed E-state index contributed by atoms with van der Waals surface area (Å²) in [4.78, 5) is 17.4. The number of H-pyrrole nitrogens is 1. The van der Waals surface area contributed by atoms with Gasteiger partial charge >= 0.3 is 5.97 Å². The van der Waals surface area contributed by atoms with E-state index in [9.17, 15) is 4.79 Å². The molecule has 2 aromatic rings. The highest BCUT2D eigenvalue weighted by molar-refractivity contribution is 6.10. The maximum atomic E-state index is 10.7. The average molecular weight is 230 g/mol. The van der Waals surface area contributed by atoms with Gasteiger partial charge in [0.2, 0.25) is 5.71 Å². The number of imidazole rings is 1. The average Bonchev–Trinajstić information content (AvgIpc) is 2.72. The zero-order valence-electron chi connectivity index (χ0n) is 8.38. The van der Waals surface area contributed by atoms with Gasteiger partial charge in [-0.1, -0.05) is 5.16 Å². The number of aromatic nitrogens is 2. The molecule has 0 saturated heterocycles. The number of nitrogens with one attached hydrogen (secondary N) is 1. The molecule has 0 aliphatic heterocycles. The Kier molecular flexibility index (Phi) is 2.46. The summed E-state index contributed by atoms with van der Waals surface area (Å²) in [6.45, 7) is 0. The van der Waals surface area contributed by atoms with Gasteiger partial charge in [-0.15, -0.1) is 0 Å². The van der Waals surface area contributed by atoms with E-state index in [-0.39, 0.29) is 17.1 Å². The van der Waals surface area contributed by atoms with Gasteiger partial charge in [0.25, 0.3) is 0 Å². The second kappa shape index (κ2) is 3.94. The van der Waals surface area contributed by atoms with E-state index in [1.807, 2.05) is 0 Å². The SMILES string of the molecule is N#C/C(=N/O)c1nc2ccc(C(=O)O)cc2[nH]1. The molecule has 7 heteroatoms. The summed E-state index contributed by atoms with van der Waals surface area (Å²) in [5.74, 6) is -0.966. The Hall–Kier alpha value is -2.88. The molecule has 17 heavy (non-hydrogen) atoms. The Bertz CT molecular complexity index is 666. The molecule has 0 saturated carbocycles. The van der Waals surface area contributed by atoms with Crippen LogP contribution in [0.3, 0.4) is 0 Å². The summed E-state index contributed by atoms with van der Waals surface area (Å²) in [7, 11) is 0. The molecule has 3 N–H and O–H groups in total. The van der Waals surface area contributed by atoms with Crippen LogP contribution >= 0.6 is 0 Å². The van der Waals surface area contributed by atoms with Crippen LogP contribution in [0.15, 0.2) is 23.4 Å². The molecular formula is C10H6N4O3. The van der Waals surface area contributed by atoms with Crippen molar-refractivity contribution in [2.45, 2.75) is 0 Å². The first-order chi connectivity index (χ1) is 8.15. The number of carboxylic acid groups (broad SMARTS) is 1. The minimum Gasteiger partial charge on any atom is -0.478 e. The second-order valence-electron chi connectivity index (χ2n) is 3.18. The minimum absolute atomic E-state index is 0.0903. The van der Waals surface area contributed by atoms with Gasteiger partial charge in [-0.25, -0.2) is 9.78 Å². The highest BCUT2D eigenvalue weighted by Crippen LogP contribution is 2.14. The number of aromatic carboxylic acids is 1. The first-order valence-corrected chi connectivity index (χ1v) is 4.51. The zero-order valence-corrected chi connectivity index (χ0v) is 8.38. The quantitative estimate of drug-likeness (QED) is 0.403.